The highest BCUT2D eigenvalue weighted by atomic mass is 35.5. The lowest BCUT2D eigenvalue weighted by atomic mass is 9.79. The number of carbonyl (C=O) groups excluding carboxylic acids is 1. The van der Waals surface area contributed by atoms with Crippen molar-refractivity contribution >= 4 is 5.78 Å². The van der Waals surface area contributed by atoms with Crippen LogP contribution in [0, 0.1) is 11.8 Å². The molecule has 136 valence electrons. The maximum absolute atomic E-state index is 12.8. The average molecular weight is 363 g/mol. The Bertz CT molecular complexity index is 312. The summed E-state index contributed by atoms with van der Waals surface area (Å²) in [6.07, 6.45) is 11.6. The van der Waals surface area contributed by atoms with Gasteiger partial charge in [0.1, 0.15) is 5.78 Å². The molecule has 2 heterocycles. The second-order valence-electron chi connectivity index (χ2n) is 7.45. The van der Waals surface area contributed by atoms with Crippen LogP contribution in [0.1, 0.15) is 57.8 Å². The minimum Gasteiger partial charge on any atom is -1.00 e. The van der Waals surface area contributed by atoms with Crippen molar-refractivity contribution in [3.05, 3.63) is 0 Å². The Kier molecular flexibility index (Phi) is 10.1. The predicted molar refractivity (Wildman–Crippen MR) is 86.4 cm³/mol. The summed E-state index contributed by atoms with van der Waals surface area (Å²) in [5.74, 6) is 1.27. The number of nitrogens with zero attached hydrogens (tertiary/aromatic N) is 2. The van der Waals surface area contributed by atoms with E-state index >= 15 is 0 Å². The first-order valence-electron chi connectivity index (χ1n) is 9.31. The van der Waals surface area contributed by atoms with E-state index in [1.807, 2.05) is 0 Å². The molecule has 3 rings (SSSR count). The van der Waals surface area contributed by atoms with Gasteiger partial charge in [0.05, 0.1) is 0 Å². The van der Waals surface area contributed by atoms with Crippen molar-refractivity contribution in [3.63, 3.8) is 0 Å². The number of carbonyl (C=O) groups is 1. The first kappa shape index (κ1) is 21.2. The number of hydrogen-bond donors (Lipinski definition) is 0. The van der Waals surface area contributed by atoms with E-state index in [0.29, 0.717) is 17.6 Å². The van der Waals surface area contributed by atoms with E-state index in [4.69, 9.17) is 0 Å². The average Bonchev–Trinajstić information content (AvgIpc) is 2.53. The molecule has 0 N–H and O–H groups in total. The molecule has 0 aromatic rings. The lowest BCUT2D eigenvalue weighted by Gasteiger charge is -2.36. The molecule has 2 aliphatic heterocycles. The fraction of sp³-hybridized carbons (Fsp3) is 0.944. The van der Waals surface area contributed by atoms with Crippen molar-refractivity contribution < 1.29 is 29.6 Å². The van der Waals surface area contributed by atoms with Crippen LogP contribution in [-0.2, 0) is 4.79 Å². The molecular weight excluding hydrogens is 331 g/mol. The van der Waals surface area contributed by atoms with Crippen LogP contribution in [0.3, 0.4) is 0 Å². The summed E-state index contributed by atoms with van der Waals surface area (Å²) in [6.45, 7) is 6.99. The zero-order chi connectivity index (χ0) is 14.5. The number of hydrogen-bond acceptors (Lipinski definition) is 3. The van der Waals surface area contributed by atoms with Crippen molar-refractivity contribution in [1.29, 1.82) is 0 Å². The molecule has 0 amide bonds. The molecule has 3 fully saturated rings. The largest absolute Gasteiger partial charge is 1.00 e. The quantitative estimate of drug-likeness (QED) is 0.531. The second-order valence-corrected chi connectivity index (χ2v) is 7.45. The van der Waals surface area contributed by atoms with Gasteiger partial charge in [-0.05, 0) is 64.7 Å². The first-order chi connectivity index (χ1) is 10.3. The van der Waals surface area contributed by atoms with Crippen LogP contribution in [-0.4, -0.2) is 54.9 Å². The summed E-state index contributed by atoms with van der Waals surface area (Å²) in [5.41, 5.74) is 0. The van der Waals surface area contributed by atoms with Crippen molar-refractivity contribution in [2.75, 3.05) is 39.3 Å². The summed E-state index contributed by atoms with van der Waals surface area (Å²) in [4.78, 5) is 17.9. The van der Waals surface area contributed by atoms with Crippen molar-refractivity contribution in [2.45, 2.75) is 57.8 Å². The summed E-state index contributed by atoms with van der Waals surface area (Å²) < 4.78 is 0. The number of ketones is 1. The van der Waals surface area contributed by atoms with Gasteiger partial charge < -0.3 is 34.6 Å². The monoisotopic (exact) mass is 362 g/mol. The molecule has 2 saturated heterocycles. The Labute approximate surface area is 154 Å². The zero-order valence-corrected chi connectivity index (χ0v) is 15.8. The Morgan fingerprint density at radius 2 is 1.04 bits per heavy atom. The summed E-state index contributed by atoms with van der Waals surface area (Å²) >= 11 is 0. The number of halogens is 2. The molecule has 0 spiro atoms. The van der Waals surface area contributed by atoms with Gasteiger partial charge in [0.2, 0.25) is 0 Å². The van der Waals surface area contributed by atoms with E-state index in [0.717, 1.165) is 25.9 Å². The molecule has 0 bridgehead atoms. The Hall–Kier alpha value is 0.170. The maximum Gasteiger partial charge on any atom is 0.141 e. The van der Waals surface area contributed by atoms with Gasteiger partial charge in [0.25, 0.3) is 0 Å². The first-order valence-corrected chi connectivity index (χ1v) is 9.31. The third kappa shape index (κ3) is 6.19. The van der Waals surface area contributed by atoms with Gasteiger partial charge in [-0.1, -0.05) is 19.3 Å². The topological polar surface area (TPSA) is 23.6 Å². The fourth-order valence-corrected chi connectivity index (χ4v) is 4.50. The zero-order valence-electron chi connectivity index (χ0n) is 14.3. The maximum atomic E-state index is 12.8. The molecular formula is C18H32Cl2N2O-2. The van der Waals surface area contributed by atoms with Gasteiger partial charge in [-0.15, -0.1) is 0 Å². The third-order valence-corrected chi connectivity index (χ3v) is 5.76. The molecule has 2 atom stereocenters. The number of likely N-dealkylation sites (tertiary alicyclic amines) is 2. The molecule has 3 nitrogen and oxygen atoms in total. The van der Waals surface area contributed by atoms with E-state index < -0.39 is 0 Å². The van der Waals surface area contributed by atoms with E-state index in [-0.39, 0.29) is 24.8 Å². The van der Waals surface area contributed by atoms with Gasteiger partial charge >= 0.3 is 0 Å². The van der Waals surface area contributed by atoms with E-state index in [9.17, 15) is 4.79 Å². The Morgan fingerprint density at radius 1 is 0.652 bits per heavy atom. The van der Waals surface area contributed by atoms with Crippen LogP contribution in [0.25, 0.3) is 0 Å². The standard InChI is InChI=1S/C18H32N2O.2ClH/c21-18-16(14-19-10-3-1-4-11-19)8-7-9-17(18)15-20-12-5-2-6-13-20;;/h16-17H,1-15H2;2*1H/p-2. The van der Waals surface area contributed by atoms with Crippen LogP contribution in [0.2, 0.25) is 0 Å². The van der Waals surface area contributed by atoms with Crippen LogP contribution in [0.15, 0.2) is 0 Å². The molecule has 1 saturated carbocycles. The van der Waals surface area contributed by atoms with Gasteiger partial charge in [-0.3, -0.25) is 4.79 Å². The predicted octanol–water partition coefficient (Wildman–Crippen LogP) is -3.05. The summed E-state index contributed by atoms with van der Waals surface area (Å²) in [7, 11) is 0. The lowest BCUT2D eigenvalue weighted by molar-refractivity contribution is -0.130. The summed E-state index contributed by atoms with van der Waals surface area (Å²) in [5, 5.41) is 0. The lowest BCUT2D eigenvalue weighted by Crippen LogP contribution is -3.00. The molecule has 0 radical (unpaired) electrons. The fourth-order valence-electron chi connectivity index (χ4n) is 4.50. The minimum atomic E-state index is 0. The minimum absolute atomic E-state index is 0. The van der Waals surface area contributed by atoms with Crippen molar-refractivity contribution in [2.24, 2.45) is 11.8 Å². The van der Waals surface area contributed by atoms with Crippen LogP contribution >= 0.6 is 0 Å². The Morgan fingerprint density at radius 3 is 1.43 bits per heavy atom. The number of rotatable bonds is 4. The second kappa shape index (κ2) is 10.9. The molecule has 2 unspecified atom stereocenters. The van der Waals surface area contributed by atoms with Crippen LogP contribution in [0.4, 0.5) is 0 Å². The Balaban J connectivity index is 0.00000132. The molecule has 0 aromatic heterocycles. The molecule has 5 heteroatoms. The van der Waals surface area contributed by atoms with Crippen LogP contribution < -0.4 is 24.8 Å². The molecule has 1 aliphatic carbocycles. The van der Waals surface area contributed by atoms with Crippen molar-refractivity contribution in [1.82, 2.24) is 9.80 Å². The highest BCUT2D eigenvalue weighted by Crippen LogP contribution is 2.28. The van der Waals surface area contributed by atoms with E-state index in [1.54, 1.807) is 0 Å². The smallest absolute Gasteiger partial charge is 0.141 e. The highest BCUT2D eigenvalue weighted by molar-refractivity contribution is 5.84. The van der Waals surface area contributed by atoms with Gasteiger partial charge in [-0.25, -0.2) is 0 Å². The van der Waals surface area contributed by atoms with Crippen molar-refractivity contribution in [3.8, 4) is 0 Å². The molecule has 0 aromatic carbocycles. The van der Waals surface area contributed by atoms with Gasteiger partial charge in [0.15, 0.2) is 0 Å². The van der Waals surface area contributed by atoms with Crippen LogP contribution in [0.5, 0.6) is 0 Å². The van der Waals surface area contributed by atoms with E-state index in [1.165, 1.54) is 71.1 Å². The normalized spacial score (nSPS) is 30.3. The van der Waals surface area contributed by atoms with E-state index in [2.05, 4.69) is 9.80 Å². The SMILES string of the molecule is O=C1C(CN2CCCCC2)CCCC1CN1CCCCC1.[Cl-].[Cl-]. The van der Waals surface area contributed by atoms with Gasteiger partial charge in [0, 0.05) is 24.9 Å². The third-order valence-electron chi connectivity index (χ3n) is 5.76. The highest BCUT2D eigenvalue weighted by Gasteiger charge is 2.33. The molecule has 23 heavy (non-hydrogen) atoms. The number of Topliss-reactive ketones (excluding diaryl/α,β-unsaturated/α-hetero) is 1. The number of piperidine rings is 2. The molecule has 3 aliphatic rings. The summed E-state index contributed by atoms with van der Waals surface area (Å²) in [6, 6.07) is 0. The van der Waals surface area contributed by atoms with Gasteiger partial charge in [-0.2, -0.15) is 0 Å².